The molecular formula is C16H14BrClO3. The van der Waals surface area contributed by atoms with Gasteiger partial charge in [-0.15, -0.1) is 0 Å². The van der Waals surface area contributed by atoms with Crippen LogP contribution in [0.5, 0.6) is 11.5 Å². The number of rotatable bonds is 5. The predicted octanol–water partition coefficient (Wildman–Crippen LogP) is 4.76. The molecule has 0 spiro atoms. The van der Waals surface area contributed by atoms with Gasteiger partial charge >= 0.3 is 0 Å². The Bertz CT molecular complexity index is 640. The molecule has 2 aromatic carbocycles. The number of carbonyl (C=O) groups is 1. The molecule has 2 rings (SSSR count). The number of benzene rings is 2. The van der Waals surface area contributed by atoms with E-state index in [1.54, 1.807) is 50.4 Å². The van der Waals surface area contributed by atoms with Crippen molar-refractivity contribution < 1.29 is 14.3 Å². The molecule has 0 heterocycles. The zero-order chi connectivity index (χ0) is 15.4. The van der Waals surface area contributed by atoms with Gasteiger partial charge in [0.2, 0.25) is 5.78 Å². The Morgan fingerprint density at radius 2 is 1.86 bits per heavy atom. The largest absolute Gasteiger partial charge is 0.497 e. The normalized spacial score (nSPS) is 11.8. The Morgan fingerprint density at radius 1 is 1.19 bits per heavy atom. The van der Waals surface area contributed by atoms with Crippen LogP contribution in [-0.2, 0) is 0 Å². The summed E-state index contributed by atoms with van der Waals surface area (Å²) in [6.07, 6.45) is -0.634. The van der Waals surface area contributed by atoms with Gasteiger partial charge in [-0.05, 0) is 49.4 Å². The minimum Gasteiger partial charge on any atom is -0.497 e. The van der Waals surface area contributed by atoms with Gasteiger partial charge in [-0.3, -0.25) is 4.79 Å². The van der Waals surface area contributed by atoms with Gasteiger partial charge in [-0.25, -0.2) is 0 Å². The van der Waals surface area contributed by atoms with Crippen LogP contribution in [0, 0.1) is 0 Å². The van der Waals surface area contributed by atoms with E-state index < -0.39 is 6.10 Å². The van der Waals surface area contributed by atoms with Gasteiger partial charge in [-0.1, -0.05) is 27.5 Å². The maximum absolute atomic E-state index is 12.3. The van der Waals surface area contributed by atoms with Crippen LogP contribution in [0.25, 0.3) is 0 Å². The summed E-state index contributed by atoms with van der Waals surface area (Å²) in [4.78, 5) is 12.3. The topological polar surface area (TPSA) is 35.5 Å². The van der Waals surface area contributed by atoms with Gasteiger partial charge in [0.25, 0.3) is 0 Å². The van der Waals surface area contributed by atoms with E-state index in [4.69, 9.17) is 21.1 Å². The molecule has 0 aliphatic rings. The van der Waals surface area contributed by atoms with E-state index in [2.05, 4.69) is 15.9 Å². The van der Waals surface area contributed by atoms with Gasteiger partial charge in [0.05, 0.1) is 12.1 Å². The molecule has 1 unspecified atom stereocenters. The van der Waals surface area contributed by atoms with E-state index in [0.29, 0.717) is 22.1 Å². The fourth-order valence-electron chi connectivity index (χ4n) is 1.80. The van der Waals surface area contributed by atoms with E-state index >= 15 is 0 Å². The second-order valence-corrected chi connectivity index (χ2v) is 5.75. The smallest absolute Gasteiger partial charge is 0.202 e. The third kappa shape index (κ3) is 3.99. The van der Waals surface area contributed by atoms with Crippen LogP contribution in [0.3, 0.4) is 0 Å². The van der Waals surface area contributed by atoms with Crippen LogP contribution in [0.1, 0.15) is 17.3 Å². The minimum atomic E-state index is -0.634. The van der Waals surface area contributed by atoms with Crippen molar-refractivity contribution in [1.82, 2.24) is 0 Å². The zero-order valence-electron chi connectivity index (χ0n) is 11.6. The van der Waals surface area contributed by atoms with Crippen LogP contribution in [0.2, 0.25) is 5.02 Å². The number of ether oxygens (including phenoxy) is 2. The summed E-state index contributed by atoms with van der Waals surface area (Å²) in [7, 11) is 1.58. The first kappa shape index (κ1) is 15.9. The number of carbonyl (C=O) groups excluding carboxylic acids is 1. The lowest BCUT2D eigenvalue weighted by Crippen LogP contribution is -2.24. The van der Waals surface area contributed by atoms with Crippen molar-refractivity contribution in [3.05, 3.63) is 57.5 Å². The van der Waals surface area contributed by atoms with Crippen LogP contribution in [-0.4, -0.2) is 19.0 Å². The standard InChI is InChI=1S/C16H14BrClO3/c1-10(21-15-9-12(17)5-8-14(15)18)16(19)11-3-6-13(20-2)7-4-11/h3-10H,1-2H3. The Morgan fingerprint density at radius 3 is 2.48 bits per heavy atom. The lowest BCUT2D eigenvalue weighted by atomic mass is 10.1. The zero-order valence-corrected chi connectivity index (χ0v) is 13.9. The summed E-state index contributed by atoms with van der Waals surface area (Å²) < 4.78 is 11.6. The predicted molar refractivity (Wildman–Crippen MR) is 86.6 cm³/mol. The highest BCUT2D eigenvalue weighted by molar-refractivity contribution is 9.10. The molecule has 1 atom stereocenters. The average Bonchev–Trinajstić information content (AvgIpc) is 2.50. The van der Waals surface area contributed by atoms with Crippen LogP contribution in [0.4, 0.5) is 0 Å². The Labute approximate surface area is 137 Å². The fourth-order valence-corrected chi connectivity index (χ4v) is 2.30. The van der Waals surface area contributed by atoms with Crippen molar-refractivity contribution in [3.8, 4) is 11.5 Å². The summed E-state index contributed by atoms with van der Waals surface area (Å²) in [5, 5.41) is 0.465. The number of ketones is 1. The molecular weight excluding hydrogens is 356 g/mol. The van der Waals surface area contributed by atoms with Crippen molar-refractivity contribution >= 4 is 33.3 Å². The third-order valence-corrected chi connectivity index (χ3v) is 3.75. The highest BCUT2D eigenvalue weighted by Gasteiger charge is 2.18. The molecule has 0 saturated carbocycles. The molecule has 0 N–H and O–H groups in total. The average molecular weight is 370 g/mol. The second-order valence-electron chi connectivity index (χ2n) is 4.43. The van der Waals surface area contributed by atoms with Crippen molar-refractivity contribution in [2.24, 2.45) is 0 Å². The van der Waals surface area contributed by atoms with Crippen molar-refractivity contribution in [1.29, 1.82) is 0 Å². The second kappa shape index (κ2) is 6.96. The summed E-state index contributed by atoms with van der Waals surface area (Å²) in [5.41, 5.74) is 0.564. The molecule has 3 nitrogen and oxygen atoms in total. The van der Waals surface area contributed by atoms with Crippen molar-refractivity contribution in [3.63, 3.8) is 0 Å². The monoisotopic (exact) mass is 368 g/mol. The van der Waals surface area contributed by atoms with Crippen LogP contribution < -0.4 is 9.47 Å². The molecule has 0 fully saturated rings. The maximum Gasteiger partial charge on any atom is 0.202 e. The molecule has 110 valence electrons. The van der Waals surface area contributed by atoms with Crippen molar-refractivity contribution in [2.45, 2.75) is 13.0 Å². The number of hydrogen-bond acceptors (Lipinski definition) is 3. The first-order valence-electron chi connectivity index (χ1n) is 6.31. The van der Waals surface area contributed by atoms with Gasteiger partial charge < -0.3 is 9.47 Å². The number of halogens is 2. The minimum absolute atomic E-state index is 0.117. The molecule has 0 amide bonds. The van der Waals surface area contributed by atoms with E-state index in [1.165, 1.54) is 0 Å². The fraction of sp³-hybridized carbons (Fsp3) is 0.188. The van der Waals surface area contributed by atoms with Gasteiger partial charge in [0.1, 0.15) is 11.5 Å². The van der Waals surface area contributed by atoms with E-state index in [0.717, 1.165) is 4.47 Å². The quantitative estimate of drug-likeness (QED) is 0.713. The molecule has 21 heavy (non-hydrogen) atoms. The highest BCUT2D eigenvalue weighted by Crippen LogP contribution is 2.29. The molecule has 0 radical (unpaired) electrons. The summed E-state index contributed by atoms with van der Waals surface area (Å²) in [6.45, 7) is 1.70. The Kier molecular flexibility index (Phi) is 5.26. The summed E-state index contributed by atoms with van der Waals surface area (Å²) in [5.74, 6) is 1.06. The van der Waals surface area contributed by atoms with Crippen LogP contribution >= 0.6 is 27.5 Å². The molecule has 0 aromatic heterocycles. The summed E-state index contributed by atoms with van der Waals surface area (Å²) >= 11 is 9.40. The molecule has 0 bridgehead atoms. The molecule has 0 aliphatic carbocycles. The number of Topliss-reactive ketones (excluding diaryl/α,β-unsaturated/α-hetero) is 1. The molecule has 2 aromatic rings. The molecule has 0 aliphatic heterocycles. The lowest BCUT2D eigenvalue weighted by Gasteiger charge is -2.15. The highest BCUT2D eigenvalue weighted by atomic mass is 79.9. The van der Waals surface area contributed by atoms with E-state index in [9.17, 15) is 4.79 Å². The molecule has 5 heteroatoms. The third-order valence-electron chi connectivity index (χ3n) is 2.94. The Balaban J connectivity index is 2.13. The lowest BCUT2D eigenvalue weighted by molar-refractivity contribution is 0.0818. The van der Waals surface area contributed by atoms with E-state index in [-0.39, 0.29) is 5.78 Å². The van der Waals surface area contributed by atoms with E-state index in [1.807, 2.05) is 6.07 Å². The van der Waals surface area contributed by atoms with Crippen molar-refractivity contribution in [2.75, 3.05) is 7.11 Å². The molecule has 0 saturated heterocycles. The first-order chi connectivity index (χ1) is 10.0. The SMILES string of the molecule is COc1ccc(C(=O)C(C)Oc2cc(Br)ccc2Cl)cc1. The summed E-state index contributed by atoms with van der Waals surface area (Å²) in [6, 6.07) is 12.2. The maximum atomic E-state index is 12.3. The van der Waals surface area contributed by atoms with Gasteiger partial charge in [0, 0.05) is 10.0 Å². The number of hydrogen-bond donors (Lipinski definition) is 0. The van der Waals surface area contributed by atoms with Gasteiger partial charge in [-0.2, -0.15) is 0 Å². The van der Waals surface area contributed by atoms with Crippen LogP contribution in [0.15, 0.2) is 46.9 Å². The first-order valence-corrected chi connectivity index (χ1v) is 7.48. The number of methoxy groups -OCH3 is 1. The Hall–Kier alpha value is -1.52. The van der Waals surface area contributed by atoms with Gasteiger partial charge in [0.15, 0.2) is 6.10 Å².